The molecule has 6 rings (SSSR count). The van der Waals surface area contributed by atoms with Gasteiger partial charge in [0, 0.05) is 17.5 Å². The molecule has 3 aromatic carbocycles. The van der Waals surface area contributed by atoms with Crippen LogP contribution in [0.15, 0.2) is 84.5 Å². The van der Waals surface area contributed by atoms with Gasteiger partial charge in [-0.1, -0.05) is 60.7 Å². The second kappa shape index (κ2) is 7.98. The minimum absolute atomic E-state index is 0.278. The highest BCUT2D eigenvalue weighted by molar-refractivity contribution is 7.17. The second-order valence-electron chi connectivity index (χ2n) is 7.54. The van der Waals surface area contributed by atoms with E-state index < -0.39 is 0 Å². The van der Waals surface area contributed by atoms with E-state index in [1.165, 1.54) is 11.1 Å². The van der Waals surface area contributed by atoms with Gasteiger partial charge in [0.1, 0.15) is 17.0 Å². The Bertz CT molecular complexity index is 1400. The van der Waals surface area contributed by atoms with Crippen molar-refractivity contribution in [1.29, 1.82) is 0 Å². The van der Waals surface area contributed by atoms with Crippen molar-refractivity contribution in [1.82, 2.24) is 9.97 Å². The minimum Gasteiger partial charge on any atom is -0.454 e. The van der Waals surface area contributed by atoms with Gasteiger partial charge in [-0.05, 0) is 34.4 Å². The van der Waals surface area contributed by atoms with Crippen LogP contribution in [0.5, 0.6) is 11.5 Å². The maximum absolute atomic E-state index is 5.49. The van der Waals surface area contributed by atoms with E-state index in [4.69, 9.17) is 9.47 Å². The van der Waals surface area contributed by atoms with Gasteiger partial charge in [0.25, 0.3) is 0 Å². The molecule has 5 nitrogen and oxygen atoms in total. The topological polar surface area (TPSA) is 56.3 Å². The fraction of sp³-hybridized carbons (Fsp3) is 0.0769. The summed E-state index contributed by atoms with van der Waals surface area (Å²) in [5, 5.41) is 6.69. The minimum atomic E-state index is 0.278. The van der Waals surface area contributed by atoms with Gasteiger partial charge < -0.3 is 14.8 Å². The summed E-state index contributed by atoms with van der Waals surface area (Å²) in [6.45, 7) is 0.908. The maximum Gasteiger partial charge on any atom is 0.231 e. The van der Waals surface area contributed by atoms with Crippen molar-refractivity contribution in [2.75, 3.05) is 12.1 Å². The zero-order chi connectivity index (χ0) is 21.3. The van der Waals surface area contributed by atoms with Crippen molar-refractivity contribution in [3.63, 3.8) is 0 Å². The number of anilines is 1. The first-order chi connectivity index (χ1) is 15.8. The maximum atomic E-state index is 5.49. The SMILES string of the molecule is c1ccc(-c2ccc(-c3csc4ncnc(NCc5ccc6c(c5)OCO6)c34)cc2)cc1. The summed E-state index contributed by atoms with van der Waals surface area (Å²) in [6, 6.07) is 25.1. The van der Waals surface area contributed by atoms with E-state index >= 15 is 0 Å². The zero-order valence-electron chi connectivity index (χ0n) is 17.1. The van der Waals surface area contributed by atoms with Gasteiger partial charge in [-0.25, -0.2) is 9.97 Å². The Kier molecular flexibility index (Phi) is 4.70. The van der Waals surface area contributed by atoms with Crippen molar-refractivity contribution < 1.29 is 9.47 Å². The molecule has 1 N–H and O–H groups in total. The molecule has 0 atom stereocenters. The Hall–Kier alpha value is -3.90. The molecule has 1 aliphatic heterocycles. The number of ether oxygens (including phenoxy) is 2. The van der Waals surface area contributed by atoms with Crippen LogP contribution in [-0.2, 0) is 6.54 Å². The number of thiophene rings is 1. The molecule has 0 radical (unpaired) electrons. The van der Waals surface area contributed by atoms with Gasteiger partial charge in [-0.3, -0.25) is 0 Å². The molecule has 0 saturated heterocycles. The Morgan fingerprint density at radius 2 is 1.59 bits per heavy atom. The molecule has 0 bridgehead atoms. The van der Waals surface area contributed by atoms with Crippen LogP contribution in [0.3, 0.4) is 0 Å². The lowest BCUT2D eigenvalue weighted by molar-refractivity contribution is 0.174. The molecule has 1 aliphatic rings. The van der Waals surface area contributed by atoms with Crippen molar-refractivity contribution in [2.45, 2.75) is 6.54 Å². The average molecular weight is 438 g/mol. The molecular formula is C26H19N3O2S. The molecule has 0 saturated carbocycles. The van der Waals surface area contributed by atoms with E-state index in [1.54, 1.807) is 17.7 Å². The number of aromatic nitrogens is 2. The number of benzene rings is 3. The molecule has 0 aliphatic carbocycles. The van der Waals surface area contributed by atoms with Crippen LogP contribution in [-0.4, -0.2) is 16.8 Å². The number of hydrogen-bond acceptors (Lipinski definition) is 6. The van der Waals surface area contributed by atoms with Crippen LogP contribution in [0, 0.1) is 0 Å². The standard InChI is InChI=1S/C26H19N3O2S/c1-2-4-18(5-3-1)19-7-9-20(10-8-19)21-14-32-26-24(21)25(28-15-29-26)27-13-17-6-11-22-23(12-17)31-16-30-22/h1-12,14-15H,13,16H2,(H,27,28,29). The van der Waals surface area contributed by atoms with E-state index in [1.807, 2.05) is 24.3 Å². The fourth-order valence-corrected chi connectivity index (χ4v) is 4.85. The first-order valence-electron chi connectivity index (χ1n) is 10.4. The smallest absolute Gasteiger partial charge is 0.231 e. The molecule has 0 amide bonds. The van der Waals surface area contributed by atoms with E-state index in [-0.39, 0.29) is 6.79 Å². The largest absolute Gasteiger partial charge is 0.454 e. The van der Waals surface area contributed by atoms with Gasteiger partial charge in [0.05, 0.1) is 5.39 Å². The Morgan fingerprint density at radius 3 is 2.47 bits per heavy atom. The highest BCUT2D eigenvalue weighted by Crippen LogP contribution is 2.38. The number of hydrogen-bond donors (Lipinski definition) is 1. The van der Waals surface area contributed by atoms with Gasteiger partial charge in [0.15, 0.2) is 11.5 Å². The van der Waals surface area contributed by atoms with Crippen LogP contribution < -0.4 is 14.8 Å². The molecule has 6 heteroatoms. The summed E-state index contributed by atoms with van der Waals surface area (Å²) in [5.74, 6) is 2.40. The molecule has 32 heavy (non-hydrogen) atoms. The zero-order valence-corrected chi connectivity index (χ0v) is 17.9. The quantitative estimate of drug-likeness (QED) is 0.346. The summed E-state index contributed by atoms with van der Waals surface area (Å²) >= 11 is 1.63. The molecule has 0 unspecified atom stereocenters. The lowest BCUT2D eigenvalue weighted by Gasteiger charge is -2.10. The predicted molar refractivity (Wildman–Crippen MR) is 128 cm³/mol. The Labute approximate surface area is 189 Å². The van der Waals surface area contributed by atoms with Crippen molar-refractivity contribution >= 4 is 27.4 Å². The van der Waals surface area contributed by atoms with Gasteiger partial charge in [0.2, 0.25) is 6.79 Å². The third-order valence-electron chi connectivity index (χ3n) is 5.57. The van der Waals surface area contributed by atoms with E-state index in [9.17, 15) is 0 Å². The van der Waals surface area contributed by atoms with Crippen LogP contribution >= 0.6 is 11.3 Å². The summed E-state index contributed by atoms with van der Waals surface area (Å²) in [4.78, 5) is 10.0. The third-order valence-corrected chi connectivity index (χ3v) is 6.46. The highest BCUT2D eigenvalue weighted by atomic mass is 32.1. The molecule has 3 heterocycles. The average Bonchev–Trinajstić information content (AvgIpc) is 3.50. The van der Waals surface area contributed by atoms with Crippen LogP contribution in [0.25, 0.3) is 32.5 Å². The molecule has 5 aromatic rings. The molecule has 0 spiro atoms. The second-order valence-corrected chi connectivity index (χ2v) is 8.39. The van der Waals surface area contributed by atoms with Crippen molar-refractivity contribution in [3.05, 3.63) is 90.1 Å². The number of nitrogens with zero attached hydrogens (tertiary/aromatic N) is 2. The summed E-state index contributed by atoms with van der Waals surface area (Å²) in [5.41, 5.74) is 5.80. The number of fused-ring (bicyclic) bond motifs is 2. The third kappa shape index (κ3) is 3.44. The molecular weight excluding hydrogens is 418 g/mol. The first kappa shape index (κ1) is 18.8. The first-order valence-corrected chi connectivity index (χ1v) is 11.2. The summed E-state index contributed by atoms with van der Waals surface area (Å²) < 4.78 is 10.9. The fourth-order valence-electron chi connectivity index (χ4n) is 3.93. The molecule has 156 valence electrons. The predicted octanol–water partition coefficient (Wildman–Crippen LogP) is 6.37. The molecule has 0 fully saturated rings. The summed E-state index contributed by atoms with van der Waals surface area (Å²) in [6.07, 6.45) is 1.61. The monoisotopic (exact) mass is 437 g/mol. The van der Waals surface area contributed by atoms with Gasteiger partial charge in [-0.2, -0.15) is 0 Å². The van der Waals surface area contributed by atoms with E-state index in [0.717, 1.165) is 44.2 Å². The van der Waals surface area contributed by atoms with Crippen LogP contribution in [0.2, 0.25) is 0 Å². The Morgan fingerprint density at radius 1 is 0.812 bits per heavy atom. The van der Waals surface area contributed by atoms with E-state index in [2.05, 4.69) is 69.2 Å². The lowest BCUT2D eigenvalue weighted by atomic mass is 10.0. The Balaban J connectivity index is 1.31. The van der Waals surface area contributed by atoms with Crippen LogP contribution in [0.1, 0.15) is 5.56 Å². The highest BCUT2D eigenvalue weighted by Gasteiger charge is 2.15. The van der Waals surface area contributed by atoms with Crippen LogP contribution in [0.4, 0.5) is 5.82 Å². The van der Waals surface area contributed by atoms with Gasteiger partial charge >= 0.3 is 0 Å². The summed E-state index contributed by atoms with van der Waals surface area (Å²) in [7, 11) is 0. The van der Waals surface area contributed by atoms with Crippen molar-refractivity contribution in [3.8, 4) is 33.8 Å². The van der Waals surface area contributed by atoms with Crippen molar-refractivity contribution in [2.24, 2.45) is 0 Å². The molecule has 2 aromatic heterocycles. The normalized spacial score (nSPS) is 12.2. The number of rotatable bonds is 5. The lowest BCUT2D eigenvalue weighted by Crippen LogP contribution is -2.02. The van der Waals surface area contributed by atoms with E-state index in [0.29, 0.717) is 6.54 Å². The number of nitrogens with one attached hydrogen (secondary N) is 1. The van der Waals surface area contributed by atoms with Gasteiger partial charge in [-0.15, -0.1) is 11.3 Å².